The number of rotatable bonds is 5. The average Bonchev–Trinajstić information content (AvgIpc) is 2.94. The molecule has 2 N–H and O–H groups in total. The number of anilines is 1. The van der Waals surface area contributed by atoms with Gasteiger partial charge < -0.3 is 15.5 Å². The van der Waals surface area contributed by atoms with Crippen molar-refractivity contribution in [1.82, 2.24) is 20.1 Å². The first-order valence-electron chi connectivity index (χ1n) is 8.30. The summed E-state index contributed by atoms with van der Waals surface area (Å²) < 4.78 is 0. The van der Waals surface area contributed by atoms with Crippen LogP contribution in [0.5, 0.6) is 0 Å². The van der Waals surface area contributed by atoms with E-state index in [1.54, 1.807) is 5.38 Å². The third kappa shape index (κ3) is 5.45. The molecule has 0 radical (unpaired) electrons. The van der Waals surface area contributed by atoms with E-state index in [-0.39, 0.29) is 17.4 Å². The highest BCUT2D eigenvalue weighted by Crippen LogP contribution is 2.17. The molecule has 1 aliphatic rings. The highest BCUT2D eigenvalue weighted by molar-refractivity contribution is 7.13. The molecule has 1 saturated heterocycles. The van der Waals surface area contributed by atoms with Crippen LogP contribution in [0.1, 0.15) is 38.2 Å². The number of amides is 2. The number of hydrogen-bond acceptors (Lipinski definition) is 6. The van der Waals surface area contributed by atoms with Gasteiger partial charge in [-0.1, -0.05) is 0 Å². The van der Waals surface area contributed by atoms with Crippen LogP contribution in [0.15, 0.2) is 5.38 Å². The summed E-state index contributed by atoms with van der Waals surface area (Å²) in [6, 6.07) is 0. The van der Waals surface area contributed by atoms with Gasteiger partial charge in [-0.05, 0) is 27.7 Å². The first-order valence-corrected chi connectivity index (χ1v) is 9.18. The van der Waals surface area contributed by atoms with Crippen LogP contribution in [0.3, 0.4) is 0 Å². The van der Waals surface area contributed by atoms with Crippen molar-refractivity contribution in [3.63, 3.8) is 0 Å². The number of hydrogen-bond donors (Lipinski definition) is 2. The minimum absolute atomic E-state index is 0.0251. The molecule has 1 aromatic rings. The summed E-state index contributed by atoms with van der Waals surface area (Å²) >= 11 is 1.45. The predicted molar refractivity (Wildman–Crippen MR) is 96.5 cm³/mol. The van der Waals surface area contributed by atoms with E-state index in [1.165, 1.54) is 11.3 Å². The van der Waals surface area contributed by atoms with Crippen molar-refractivity contribution in [1.29, 1.82) is 0 Å². The van der Waals surface area contributed by atoms with Crippen LogP contribution in [0.4, 0.5) is 5.13 Å². The van der Waals surface area contributed by atoms with Gasteiger partial charge in [-0.3, -0.25) is 14.5 Å². The van der Waals surface area contributed by atoms with Gasteiger partial charge in [0.05, 0.1) is 6.54 Å². The molecule has 1 aliphatic heterocycles. The Morgan fingerprint density at radius 3 is 2.50 bits per heavy atom. The van der Waals surface area contributed by atoms with Crippen LogP contribution in [-0.4, -0.2) is 71.4 Å². The summed E-state index contributed by atoms with van der Waals surface area (Å²) in [7, 11) is 0. The first kappa shape index (κ1) is 18.7. The lowest BCUT2D eigenvalue weighted by molar-refractivity contribution is -0.124. The molecule has 134 valence electrons. The molecular formula is C16H27N5O2S. The lowest BCUT2D eigenvalue weighted by Gasteiger charge is -2.34. The average molecular weight is 353 g/mol. The van der Waals surface area contributed by atoms with Gasteiger partial charge in [0.1, 0.15) is 5.69 Å². The molecule has 0 spiro atoms. The van der Waals surface area contributed by atoms with E-state index < -0.39 is 0 Å². The van der Waals surface area contributed by atoms with Crippen molar-refractivity contribution in [3.8, 4) is 0 Å². The topological polar surface area (TPSA) is 77.6 Å². The van der Waals surface area contributed by atoms with E-state index in [4.69, 9.17) is 0 Å². The Hall–Kier alpha value is -1.67. The molecule has 0 aliphatic carbocycles. The second kappa shape index (κ2) is 7.94. The van der Waals surface area contributed by atoms with Crippen LogP contribution in [0, 0.1) is 0 Å². The molecule has 7 nitrogen and oxygen atoms in total. The van der Waals surface area contributed by atoms with E-state index in [2.05, 4.69) is 20.5 Å². The summed E-state index contributed by atoms with van der Waals surface area (Å²) in [4.78, 5) is 32.7. The van der Waals surface area contributed by atoms with E-state index >= 15 is 0 Å². The van der Waals surface area contributed by atoms with Gasteiger partial charge in [-0.25, -0.2) is 4.98 Å². The summed E-state index contributed by atoms with van der Waals surface area (Å²) in [5.41, 5.74) is 0.277. The third-order valence-corrected chi connectivity index (χ3v) is 4.39. The van der Waals surface area contributed by atoms with Crippen molar-refractivity contribution in [2.75, 3.05) is 44.6 Å². The summed E-state index contributed by atoms with van der Waals surface area (Å²) in [5, 5.41) is 8.65. The number of carbonyl (C=O) groups is 2. The highest BCUT2D eigenvalue weighted by atomic mass is 32.1. The Bertz CT molecular complexity index is 573. The largest absolute Gasteiger partial charge is 0.362 e. The smallest absolute Gasteiger partial charge is 0.273 e. The number of thiazole rings is 1. The lowest BCUT2D eigenvalue weighted by atomic mass is 10.1. The number of piperazine rings is 1. The van der Waals surface area contributed by atoms with E-state index in [0.717, 1.165) is 11.7 Å². The molecule has 24 heavy (non-hydrogen) atoms. The quantitative estimate of drug-likeness (QED) is 0.833. The van der Waals surface area contributed by atoms with Crippen LogP contribution < -0.4 is 10.6 Å². The molecule has 2 amide bonds. The maximum absolute atomic E-state index is 12.5. The van der Waals surface area contributed by atoms with Gasteiger partial charge >= 0.3 is 0 Å². The van der Waals surface area contributed by atoms with Crippen molar-refractivity contribution in [2.45, 2.75) is 33.2 Å². The number of carbonyl (C=O) groups excluding carboxylic acids is 2. The molecule has 0 atom stereocenters. The van der Waals surface area contributed by atoms with Crippen molar-refractivity contribution >= 4 is 28.3 Å². The minimum atomic E-state index is -0.219. The van der Waals surface area contributed by atoms with Crippen molar-refractivity contribution < 1.29 is 9.59 Å². The predicted octanol–water partition coefficient (Wildman–Crippen LogP) is 1.25. The molecule has 0 unspecified atom stereocenters. The Morgan fingerprint density at radius 2 is 1.92 bits per heavy atom. The van der Waals surface area contributed by atoms with Crippen LogP contribution in [-0.2, 0) is 4.79 Å². The maximum Gasteiger partial charge on any atom is 0.273 e. The normalized spacial score (nSPS) is 16.1. The van der Waals surface area contributed by atoms with Crippen LogP contribution in [0.2, 0.25) is 0 Å². The molecule has 8 heteroatoms. The van der Waals surface area contributed by atoms with Crippen molar-refractivity contribution in [3.05, 3.63) is 11.1 Å². The van der Waals surface area contributed by atoms with E-state index in [0.29, 0.717) is 38.4 Å². The first-order chi connectivity index (χ1) is 11.3. The second-order valence-corrected chi connectivity index (χ2v) is 7.79. The molecule has 2 heterocycles. The third-order valence-electron chi connectivity index (χ3n) is 3.59. The van der Waals surface area contributed by atoms with E-state index in [1.807, 2.05) is 32.6 Å². The van der Waals surface area contributed by atoms with Gasteiger partial charge in [0.2, 0.25) is 5.91 Å². The zero-order valence-electron chi connectivity index (χ0n) is 14.9. The number of nitrogens with one attached hydrogen (secondary N) is 2. The van der Waals surface area contributed by atoms with Gasteiger partial charge in [-0.15, -0.1) is 11.3 Å². The number of aromatic nitrogens is 1. The highest BCUT2D eigenvalue weighted by Gasteiger charge is 2.25. The summed E-state index contributed by atoms with van der Waals surface area (Å²) in [5.74, 6) is -0.00810. The fraction of sp³-hybridized carbons (Fsp3) is 0.688. The molecule has 2 rings (SSSR count). The van der Waals surface area contributed by atoms with Gasteiger partial charge in [0, 0.05) is 43.6 Å². The molecule has 0 aromatic carbocycles. The molecule has 0 bridgehead atoms. The lowest BCUT2D eigenvalue weighted by Crippen LogP contribution is -2.52. The van der Waals surface area contributed by atoms with Gasteiger partial charge in [0.25, 0.3) is 5.91 Å². The molecule has 0 saturated carbocycles. The summed E-state index contributed by atoms with van der Waals surface area (Å²) in [6.45, 7) is 11.7. The Balaban J connectivity index is 1.81. The van der Waals surface area contributed by atoms with Crippen molar-refractivity contribution in [2.24, 2.45) is 0 Å². The monoisotopic (exact) mass is 353 g/mol. The minimum Gasteiger partial charge on any atom is -0.362 e. The summed E-state index contributed by atoms with van der Waals surface area (Å²) in [6.07, 6.45) is 0. The SMILES string of the molecule is CCNc1nc(C(=O)N2CCN(CC(=O)NC(C)(C)C)CC2)cs1. The Labute approximate surface area is 147 Å². The molecular weight excluding hydrogens is 326 g/mol. The van der Waals surface area contributed by atoms with Gasteiger partial charge in [0.15, 0.2) is 5.13 Å². The fourth-order valence-corrected chi connectivity index (χ4v) is 3.29. The molecule has 1 fully saturated rings. The zero-order chi connectivity index (χ0) is 17.7. The van der Waals surface area contributed by atoms with E-state index in [9.17, 15) is 9.59 Å². The van der Waals surface area contributed by atoms with Crippen LogP contribution in [0.25, 0.3) is 0 Å². The van der Waals surface area contributed by atoms with Crippen LogP contribution >= 0.6 is 11.3 Å². The molecule has 1 aromatic heterocycles. The second-order valence-electron chi connectivity index (χ2n) is 6.93. The standard InChI is InChI=1S/C16H27N5O2S/c1-5-17-15-18-12(11-24-15)14(23)21-8-6-20(7-9-21)10-13(22)19-16(2,3)4/h11H,5-10H2,1-4H3,(H,17,18)(H,19,22). The van der Waals surface area contributed by atoms with Gasteiger partial charge in [-0.2, -0.15) is 0 Å². The zero-order valence-corrected chi connectivity index (χ0v) is 15.7. The Morgan fingerprint density at radius 1 is 1.25 bits per heavy atom. The number of nitrogens with zero attached hydrogens (tertiary/aromatic N) is 3. The Kier molecular flexibility index (Phi) is 6.17. The fourth-order valence-electron chi connectivity index (χ4n) is 2.54. The maximum atomic E-state index is 12.5.